The molecular formula is C9H15Cl2NO. The molecule has 1 aliphatic heterocycles. The van der Waals surface area contributed by atoms with E-state index in [0.29, 0.717) is 12.8 Å². The summed E-state index contributed by atoms with van der Waals surface area (Å²) in [6.45, 7) is 5.00. The second-order valence-corrected chi connectivity index (χ2v) is 4.65. The third-order valence-electron chi connectivity index (χ3n) is 2.54. The van der Waals surface area contributed by atoms with Gasteiger partial charge in [-0.1, -0.05) is 6.92 Å². The van der Waals surface area contributed by atoms with Gasteiger partial charge in [-0.05, 0) is 37.4 Å². The van der Waals surface area contributed by atoms with Crippen LogP contribution in [0.25, 0.3) is 0 Å². The van der Waals surface area contributed by atoms with Crippen LogP contribution in [0.5, 0.6) is 0 Å². The van der Waals surface area contributed by atoms with Gasteiger partial charge >= 0.3 is 0 Å². The van der Waals surface area contributed by atoms with Crippen LogP contribution in [0, 0.1) is 0 Å². The molecule has 0 unspecified atom stereocenters. The highest BCUT2D eigenvalue weighted by Crippen LogP contribution is 2.31. The Morgan fingerprint density at radius 2 is 2.00 bits per heavy atom. The van der Waals surface area contributed by atoms with Crippen molar-refractivity contribution in [2.24, 2.45) is 0 Å². The van der Waals surface area contributed by atoms with Crippen LogP contribution in [0.2, 0.25) is 0 Å². The van der Waals surface area contributed by atoms with Crippen LogP contribution in [0.3, 0.4) is 0 Å². The van der Waals surface area contributed by atoms with E-state index in [1.165, 1.54) is 0 Å². The lowest BCUT2D eigenvalue weighted by Crippen LogP contribution is -2.44. The number of carbonyl (C=O) groups excluding carboxylic acids is 1. The van der Waals surface area contributed by atoms with Crippen LogP contribution in [-0.2, 0) is 4.79 Å². The van der Waals surface area contributed by atoms with Gasteiger partial charge in [0, 0.05) is 13.1 Å². The molecule has 0 atom stereocenters. The van der Waals surface area contributed by atoms with Crippen LogP contribution in [0.1, 0.15) is 26.2 Å². The molecule has 0 amide bonds. The predicted octanol–water partition coefficient (Wildman–Crippen LogP) is 2.24. The molecule has 0 aliphatic carbocycles. The number of nitrogens with zero attached hydrogens (tertiary/aromatic N) is 1. The third kappa shape index (κ3) is 2.83. The molecule has 0 N–H and O–H groups in total. The van der Waals surface area contributed by atoms with Gasteiger partial charge in [0.2, 0.25) is 5.24 Å². The predicted molar refractivity (Wildman–Crippen MR) is 55.4 cm³/mol. The monoisotopic (exact) mass is 223 g/mol. The minimum Gasteiger partial charge on any atom is -0.303 e. The summed E-state index contributed by atoms with van der Waals surface area (Å²) in [7, 11) is 0. The average molecular weight is 224 g/mol. The zero-order valence-corrected chi connectivity index (χ0v) is 9.37. The molecule has 4 heteroatoms. The molecule has 0 aromatic rings. The van der Waals surface area contributed by atoms with Crippen molar-refractivity contribution >= 4 is 28.4 Å². The molecule has 76 valence electrons. The maximum Gasteiger partial charge on any atom is 0.242 e. The van der Waals surface area contributed by atoms with Crippen molar-refractivity contribution in [2.45, 2.75) is 31.1 Å². The highest BCUT2D eigenvalue weighted by Gasteiger charge is 2.37. The van der Waals surface area contributed by atoms with E-state index in [2.05, 4.69) is 11.8 Å². The molecule has 0 radical (unpaired) electrons. The third-order valence-corrected chi connectivity index (χ3v) is 3.55. The van der Waals surface area contributed by atoms with E-state index in [1.54, 1.807) is 0 Å². The Labute approximate surface area is 89.2 Å². The second kappa shape index (κ2) is 4.63. The van der Waals surface area contributed by atoms with Crippen molar-refractivity contribution in [2.75, 3.05) is 19.6 Å². The van der Waals surface area contributed by atoms with Crippen LogP contribution in [-0.4, -0.2) is 34.7 Å². The number of halogens is 2. The molecule has 0 aromatic carbocycles. The van der Waals surface area contributed by atoms with Crippen molar-refractivity contribution in [3.05, 3.63) is 0 Å². The normalized spacial score (nSPS) is 23.0. The molecule has 1 fully saturated rings. The fourth-order valence-electron chi connectivity index (χ4n) is 1.64. The molecule has 1 aliphatic rings. The Kier molecular flexibility index (Phi) is 4.02. The van der Waals surface area contributed by atoms with E-state index < -0.39 is 10.1 Å². The number of alkyl halides is 1. The minimum absolute atomic E-state index is 0.398. The number of piperidine rings is 1. The molecule has 1 heterocycles. The zero-order valence-electron chi connectivity index (χ0n) is 7.85. The lowest BCUT2D eigenvalue weighted by molar-refractivity contribution is -0.115. The molecule has 13 heavy (non-hydrogen) atoms. The quantitative estimate of drug-likeness (QED) is 0.541. The lowest BCUT2D eigenvalue weighted by Gasteiger charge is -2.34. The molecular weight excluding hydrogens is 209 g/mol. The number of hydrogen-bond acceptors (Lipinski definition) is 2. The van der Waals surface area contributed by atoms with Gasteiger partial charge in [-0.25, -0.2) is 0 Å². The summed E-state index contributed by atoms with van der Waals surface area (Å²) in [5.74, 6) is 0. The Morgan fingerprint density at radius 3 is 2.38 bits per heavy atom. The highest BCUT2D eigenvalue weighted by atomic mass is 35.5. The fourth-order valence-corrected chi connectivity index (χ4v) is 2.00. The van der Waals surface area contributed by atoms with Crippen molar-refractivity contribution in [3.8, 4) is 0 Å². The minimum atomic E-state index is -0.786. The van der Waals surface area contributed by atoms with E-state index in [9.17, 15) is 4.79 Å². The SMILES string of the molecule is CCCN1CCC(Cl)(C(=O)Cl)CC1. The topological polar surface area (TPSA) is 20.3 Å². The van der Waals surface area contributed by atoms with E-state index in [4.69, 9.17) is 23.2 Å². The van der Waals surface area contributed by atoms with Crippen LogP contribution >= 0.6 is 23.2 Å². The Hall–Kier alpha value is 0.210. The first kappa shape index (κ1) is 11.3. The van der Waals surface area contributed by atoms with Gasteiger partial charge in [0.1, 0.15) is 4.87 Å². The smallest absolute Gasteiger partial charge is 0.242 e. The zero-order chi connectivity index (χ0) is 9.90. The molecule has 1 saturated heterocycles. The summed E-state index contributed by atoms with van der Waals surface area (Å²) in [5.41, 5.74) is 0. The first-order valence-electron chi connectivity index (χ1n) is 4.69. The first-order chi connectivity index (χ1) is 6.08. The van der Waals surface area contributed by atoms with Crippen LogP contribution in [0.4, 0.5) is 0 Å². The van der Waals surface area contributed by atoms with Crippen LogP contribution in [0.15, 0.2) is 0 Å². The molecule has 0 saturated carbocycles. The first-order valence-corrected chi connectivity index (χ1v) is 5.45. The number of carbonyl (C=O) groups is 1. The van der Waals surface area contributed by atoms with E-state index in [1.807, 2.05) is 0 Å². The highest BCUT2D eigenvalue weighted by molar-refractivity contribution is 6.70. The number of likely N-dealkylation sites (tertiary alicyclic amines) is 1. The summed E-state index contributed by atoms with van der Waals surface area (Å²) in [6, 6.07) is 0. The van der Waals surface area contributed by atoms with Gasteiger partial charge < -0.3 is 4.90 Å². The second-order valence-electron chi connectivity index (χ2n) is 3.58. The molecule has 0 aromatic heterocycles. The van der Waals surface area contributed by atoms with Crippen molar-refractivity contribution < 1.29 is 4.79 Å². The average Bonchev–Trinajstić information content (AvgIpc) is 2.09. The van der Waals surface area contributed by atoms with E-state index in [0.717, 1.165) is 26.1 Å². The Morgan fingerprint density at radius 1 is 1.46 bits per heavy atom. The maximum atomic E-state index is 11.0. The summed E-state index contributed by atoms with van der Waals surface area (Å²) in [4.78, 5) is 12.5. The van der Waals surface area contributed by atoms with E-state index >= 15 is 0 Å². The van der Waals surface area contributed by atoms with Gasteiger partial charge in [-0.15, -0.1) is 11.6 Å². The molecule has 0 spiro atoms. The number of rotatable bonds is 3. The van der Waals surface area contributed by atoms with Crippen LogP contribution < -0.4 is 0 Å². The van der Waals surface area contributed by atoms with Crippen molar-refractivity contribution in [3.63, 3.8) is 0 Å². The Bertz CT molecular complexity index is 188. The fraction of sp³-hybridized carbons (Fsp3) is 0.889. The van der Waals surface area contributed by atoms with Gasteiger partial charge in [0.05, 0.1) is 0 Å². The van der Waals surface area contributed by atoms with Crippen molar-refractivity contribution in [1.29, 1.82) is 0 Å². The Balaban J connectivity index is 2.42. The number of hydrogen-bond donors (Lipinski definition) is 0. The van der Waals surface area contributed by atoms with Crippen molar-refractivity contribution in [1.82, 2.24) is 4.90 Å². The summed E-state index contributed by atoms with van der Waals surface area (Å²) >= 11 is 11.5. The van der Waals surface area contributed by atoms with Gasteiger partial charge in [0.25, 0.3) is 0 Å². The van der Waals surface area contributed by atoms with E-state index in [-0.39, 0.29) is 0 Å². The standard InChI is InChI=1S/C9H15Cl2NO/c1-2-5-12-6-3-9(11,4-7-12)8(10)13/h2-7H2,1H3. The lowest BCUT2D eigenvalue weighted by atomic mass is 9.97. The summed E-state index contributed by atoms with van der Waals surface area (Å²) < 4.78 is 0. The maximum absolute atomic E-state index is 11.0. The molecule has 2 nitrogen and oxygen atoms in total. The largest absolute Gasteiger partial charge is 0.303 e. The molecule has 0 bridgehead atoms. The summed E-state index contributed by atoms with van der Waals surface area (Å²) in [6.07, 6.45) is 2.50. The van der Waals surface area contributed by atoms with Gasteiger partial charge in [-0.2, -0.15) is 0 Å². The van der Waals surface area contributed by atoms with Gasteiger partial charge in [-0.3, -0.25) is 4.79 Å². The van der Waals surface area contributed by atoms with Gasteiger partial charge in [0.15, 0.2) is 0 Å². The molecule has 1 rings (SSSR count). The summed E-state index contributed by atoms with van der Waals surface area (Å²) in [5, 5.41) is -0.398.